The van der Waals surface area contributed by atoms with E-state index in [1.165, 1.54) is 27.6 Å². The molecule has 0 saturated carbocycles. The van der Waals surface area contributed by atoms with Crippen LogP contribution in [0.3, 0.4) is 0 Å². The molecule has 4 aromatic rings. The lowest BCUT2D eigenvalue weighted by Gasteiger charge is -2.13. The smallest absolute Gasteiger partial charge is 0.292 e. The number of aryl methyl sites for hydroxylation is 1. The van der Waals surface area contributed by atoms with Gasteiger partial charge < -0.3 is 23.9 Å². The molecular weight excluding hydrogens is 470 g/mol. The van der Waals surface area contributed by atoms with Gasteiger partial charge in [0, 0.05) is 11.1 Å². The van der Waals surface area contributed by atoms with Gasteiger partial charge in [0.2, 0.25) is 5.75 Å². The van der Waals surface area contributed by atoms with Crippen molar-refractivity contribution in [1.82, 2.24) is 4.98 Å². The Balaban J connectivity index is 1.66. The van der Waals surface area contributed by atoms with Crippen molar-refractivity contribution in [3.8, 4) is 28.5 Å². The molecule has 0 saturated heterocycles. The number of carbonyl (C=O) groups excluding carboxylic acids is 2. The van der Waals surface area contributed by atoms with E-state index in [9.17, 15) is 9.59 Å². The van der Waals surface area contributed by atoms with Crippen molar-refractivity contribution < 1.29 is 28.2 Å². The molecule has 0 aliphatic rings. The lowest BCUT2D eigenvalue weighted by atomic mass is 10.1. The topological polar surface area (TPSA) is 112 Å². The Morgan fingerprint density at radius 2 is 1.60 bits per heavy atom. The number of methoxy groups -OCH3 is 3. The van der Waals surface area contributed by atoms with E-state index in [0.29, 0.717) is 33.1 Å². The van der Waals surface area contributed by atoms with Crippen molar-refractivity contribution in [1.29, 1.82) is 0 Å². The zero-order valence-electron chi connectivity index (χ0n) is 19.5. The minimum Gasteiger partial charge on any atom is -0.493 e. The Morgan fingerprint density at radius 1 is 0.914 bits per heavy atom. The number of rotatable bonds is 8. The molecule has 0 fully saturated rings. The predicted molar refractivity (Wildman–Crippen MR) is 133 cm³/mol. The monoisotopic (exact) mass is 493 g/mol. The van der Waals surface area contributed by atoms with Crippen molar-refractivity contribution in [2.45, 2.75) is 6.92 Å². The van der Waals surface area contributed by atoms with Crippen LogP contribution >= 0.6 is 11.3 Å². The summed E-state index contributed by atoms with van der Waals surface area (Å²) in [6.07, 6.45) is 1.42. The second kappa shape index (κ2) is 10.3. The molecule has 0 atom stereocenters. The maximum absolute atomic E-state index is 13.1. The average Bonchev–Trinajstić information content (AvgIpc) is 3.54. The molecular formula is C25H23N3O6S. The zero-order valence-corrected chi connectivity index (χ0v) is 20.3. The van der Waals surface area contributed by atoms with Crippen LogP contribution in [0.4, 0.5) is 10.1 Å². The Kier molecular flexibility index (Phi) is 7.02. The summed E-state index contributed by atoms with van der Waals surface area (Å²) < 4.78 is 21.2. The van der Waals surface area contributed by atoms with Crippen molar-refractivity contribution in [3.63, 3.8) is 0 Å². The Hall–Kier alpha value is -4.31. The molecule has 0 spiro atoms. The van der Waals surface area contributed by atoms with Gasteiger partial charge in [0.25, 0.3) is 11.8 Å². The molecule has 0 aliphatic carbocycles. The number of nitrogens with zero attached hydrogens (tertiary/aromatic N) is 1. The van der Waals surface area contributed by atoms with Crippen LogP contribution in [0.25, 0.3) is 11.3 Å². The molecule has 0 radical (unpaired) electrons. The maximum atomic E-state index is 13.1. The molecule has 180 valence electrons. The van der Waals surface area contributed by atoms with Crippen LogP contribution in [0.2, 0.25) is 0 Å². The van der Waals surface area contributed by atoms with Crippen molar-refractivity contribution in [2.24, 2.45) is 0 Å². The number of nitrogens with one attached hydrogen (secondary N) is 2. The predicted octanol–water partition coefficient (Wildman–Crippen LogP) is 5.24. The van der Waals surface area contributed by atoms with Crippen LogP contribution in [0.5, 0.6) is 17.2 Å². The Morgan fingerprint density at radius 3 is 2.17 bits per heavy atom. The van der Waals surface area contributed by atoms with E-state index in [2.05, 4.69) is 15.6 Å². The van der Waals surface area contributed by atoms with E-state index in [4.69, 9.17) is 18.6 Å². The van der Waals surface area contributed by atoms with Crippen LogP contribution in [-0.4, -0.2) is 38.1 Å². The summed E-state index contributed by atoms with van der Waals surface area (Å²) in [7, 11) is 4.43. The first-order chi connectivity index (χ1) is 16.9. The third kappa shape index (κ3) is 5.12. The number of hydrogen-bond donors (Lipinski definition) is 2. The summed E-state index contributed by atoms with van der Waals surface area (Å²) in [5, 5.41) is 6.38. The van der Waals surface area contributed by atoms with Gasteiger partial charge in [-0.15, -0.1) is 0 Å². The van der Waals surface area contributed by atoms with Crippen molar-refractivity contribution in [3.05, 3.63) is 71.7 Å². The number of aromatic nitrogens is 1. The summed E-state index contributed by atoms with van der Waals surface area (Å²) in [5.74, 6) is 0.388. The third-order valence-electron chi connectivity index (χ3n) is 5.07. The first-order valence-corrected chi connectivity index (χ1v) is 11.3. The van der Waals surface area contributed by atoms with Gasteiger partial charge in [0.1, 0.15) is 10.7 Å². The number of carbonyl (C=O) groups is 2. The SMILES string of the molecule is COc1cc(C(=O)Nc2nc(-c3ccc(C)cc3)c(NC(=O)c3ccco3)s2)cc(OC)c1OC. The van der Waals surface area contributed by atoms with Crippen LogP contribution in [0, 0.1) is 6.92 Å². The third-order valence-corrected chi connectivity index (χ3v) is 5.96. The van der Waals surface area contributed by atoms with Crippen LogP contribution in [0.15, 0.2) is 59.2 Å². The van der Waals surface area contributed by atoms with Gasteiger partial charge >= 0.3 is 0 Å². The number of hydrogen-bond acceptors (Lipinski definition) is 8. The van der Waals surface area contributed by atoms with E-state index < -0.39 is 11.8 Å². The highest BCUT2D eigenvalue weighted by Gasteiger charge is 2.21. The molecule has 2 aromatic carbocycles. The molecule has 9 nitrogen and oxygen atoms in total. The summed E-state index contributed by atoms with van der Waals surface area (Å²) >= 11 is 1.13. The van der Waals surface area contributed by atoms with Crippen molar-refractivity contribution >= 4 is 33.3 Å². The molecule has 0 unspecified atom stereocenters. The highest BCUT2D eigenvalue weighted by Crippen LogP contribution is 2.39. The molecule has 2 aromatic heterocycles. The van der Waals surface area contributed by atoms with Gasteiger partial charge in [0.05, 0.1) is 27.6 Å². The number of benzene rings is 2. The van der Waals surface area contributed by atoms with Gasteiger partial charge in [-0.25, -0.2) is 4.98 Å². The minimum absolute atomic E-state index is 0.163. The molecule has 0 bridgehead atoms. The average molecular weight is 494 g/mol. The number of anilines is 2. The molecule has 10 heteroatoms. The second-order valence-corrected chi connectivity index (χ2v) is 8.36. The fourth-order valence-electron chi connectivity index (χ4n) is 3.32. The zero-order chi connectivity index (χ0) is 24.9. The van der Waals surface area contributed by atoms with Crippen molar-refractivity contribution in [2.75, 3.05) is 32.0 Å². The van der Waals surface area contributed by atoms with E-state index in [1.807, 2.05) is 31.2 Å². The highest BCUT2D eigenvalue weighted by atomic mass is 32.1. The van der Waals surface area contributed by atoms with Gasteiger partial charge in [-0.1, -0.05) is 41.2 Å². The van der Waals surface area contributed by atoms with E-state index in [1.54, 1.807) is 24.3 Å². The molecule has 0 aliphatic heterocycles. The van der Waals surface area contributed by atoms with E-state index >= 15 is 0 Å². The molecule has 2 N–H and O–H groups in total. The summed E-state index contributed by atoms with van der Waals surface area (Å²) in [6, 6.07) is 14.0. The molecule has 2 amide bonds. The van der Waals surface area contributed by atoms with Gasteiger partial charge in [-0.3, -0.25) is 14.9 Å². The maximum Gasteiger partial charge on any atom is 0.292 e. The van der Waals surface area contributed by atoms with Gasteiger partial charge in [0.15, 0.2) is 22.4 Å². The second-order valence-electron chi connectivity index (χ2n) is 7.36. The number of ether oxygens (including phenoxy) is 3. The van der Waals surface area contributed by atoms with Crippen LogP contribution < -0.4 is 24.8 Å². The molecule has 2 heterocycles. The fraction of sp³-hybridized carbons (Fsp3) is 0.160. The Labute approximate surface area is 205 Å². The highest BCUT2D eigenvalue weighted by molar-refractivity contribution is 7.20. The normalized spacial score (nSPS) is 10.5. The largest absolute Gasteiger partial charge is 0.493 e. The lowest BCUT2D eigenvalue weighted by molar-refractivity contribution is 0.0995. The first-order valence-electron chi connectivity index (χ1n) is 10.5. The summed E-state index contributed by atoms with van der Waals surface area (Å²) in [6.45, 7) is 1.98. The standard InChI is InChI=1S/C25H23N3O6S/c1-14-7-9-15(10-8-14)20-24(27-23(30)17-6-5-11-34-17)35-25(26-20)28-22(29)16-12-18(31-2)21(33-4)19(13-16)32-3/h5-13H,1-4H3,(H,27,30)(H,26,28,29). The molecule has 35 heavy (non-hydrogen) atoms. The van der Waals surface area contributed by atoms with Crippen LogP contribution in [0.1, 0.15) is 26.5 Å². The van der Waals surface area contributed by atoms with E-state index in [-0.39, 0.29) is 11.3 Å². The quantitative estimate of drug-likeness (QED) is 0.345. The lowest BCUT2D eigenvalue weighted by Crippen LogP contribution is -2.12. The summed E-state index contributed by atoms with van der Waals surface area (Å²) in [5.41, 5.74) is 2.68. The van der Waals surface area contributed by atoms with Gasteiger partial charge in [-0.2, -0.15) is 0 Å². The number of thiazole rings is 1. The first kappa shape index (κ1) is 23.8. The van der Waals surface area contributed by atoms with Gasteiger partial charge in [-0.05, 0) is 31.2 Å². The molecule has 4 rings (SSSR count). The number of amides is 2. The fourth-order valence-corrected chi connectivity index (χ4v) is 4.20. The van der Waals surface area contributed by atoms with Crippen LogP contribution in [-0.2, 0) is 0 Å². The summed E-state index contributed by atoms with van der Waals surface area (Å²) in [4.78, 5) is 30.3. The van der Waals surface area contributed by atoms with E-state index in [0.717, 1.165) is 22.5 Å². The Bertz CT molecular complexity index is 1320. The minimum atomic E-state index is -0.433. The number of furan rings is 1.